The molecular weight excluding hydrogens is 270 g/mol. The Hall–Kier alpha value is 0.140. The Balaban J connectivity index is 1.85. The lowest BCUT2D eigenvalue weighted by Crippen LogP contribution is -2.32. The van der Waals surface area contributed by atoms with E-state index in [2.05, 4.69) is 39.2 Å². The standard InChI is InChI=1S/C12H18BrNS/c1-2-10-3-6-14(7-4-10)9-12-11(13)5-8-15-12/h5,8,10H,2-4,6-7,9H2,1H3. The van der Waals surface area contributed by atoms with E-state index in [1.807, 2.05) is 11.3 Å². The van der Waals surface area contributed by atoms with Crippen molar-refractivity contribution in [1.82, 2.24) is 4.90 Å². The maximum Gasteiger partial charge on any atom is 0.0339 e. The third-order valence-corrected chi connectivity index (χ3v) is 5.25. The number of piperidine rings is 1. The second-order valence-electron chi connectivity index (χ2n) is 4.32. The average Bonchev–Trinajstić information content (AvgIpc) is 2.66. The van der Waals surface area contributed by atoms with Gasteiger partial charge in [-0.1, -0.05) is 13.3 Å². The molecule has 84 valence electrons. The van der Waals surface area contributed by atoms with Crippen LogP contribution < -0.4 is 0 Å². The van der Waals surface area contributed by atoms with E-state index in [0.29, 0.717) is 0 Å². The van der Waals surface area contributed by atoms with Gasteiger partial charge in [0.2, 0.25) is 0 Å². The molecule has 0 atom stereocenters. The fourth-order valence-electron chi connectivity index (χ4n) is 2.19. The number of nitrogens with zero attached hydrogens (tertiary/aromatic N) is 1. The lowest BCUT2D eigenvalue weighted by atomic mass is 9.94. The van der Waals surface area contributed by atoms with Crippen LogP contribution in [-0.4, -0.2) is 18.0 Å². The van der Waals surface area contributed by atoms with Crippen molar-refractivity contribution in [2.75, 3.05) is 13.1 Å². The van der Waals surface area contributed by atoms with Gasteiger partial charge in [-0.15, -0.1) is 11.3 Å². The summed E-state index contributed by atoms with van der Waals surface area (Å²) in [5.74, 6) is 0.980. The molecule has 1 fully saturated rings. The summed E-state index contributed by atoms with van der Waals surface area (Å²) in [6.07, 6.45) is 4.13. The molecule has 2 rings (SSSR count). The largest absolute Gasteiger partial charge is 0.298 e. The summed E-state index contributed by atoms with van der Waals surface area (Å²) in [5.41, 5.74) is 0. The van der Waals surface area contributed by atoms with Crippen molar-refractivity contribution >= 4 is 27.3 Å². The molecule has 0 spiro atoms. The van der Waals surface area contributed by atoms with E-state index in [9.17, 15) is 0 Å². The van der Waals surface area contributed by atoms with E-state index in [4.69, 9.17) is 0 Å². The summed E-state index contributed by atoms with van der Waals surface area (Å²) >= 11 is 5.46. The molecule has 0 saturated carbocycles. The van der Waals surface area contributed by atoms with Gasteiger partial charge in [-0.2, -0.15) is 0 Å². The van der Waals surface area contributed by atoms with Crippen molar-refractivity contribution in [2.24, 2.45) is 5.92 Å². The summed E-state index contributed by atoms with van der Waals surface area (Å²) < 4.78 is 1.28. The van der Waals surface area contributed by atoms with Crippen LogP contribution in [0.4, 0.5) is 0 Å². The molecule has 1 aromatic heterocycles. The Labute approximate surface area is 105 Å². The minimum atomic E-state index is 0.980. The number of hydrogen-bond acceptors (Lipinski definition) is 2. The molecule has 0 aromatic carbocycles. The van der Waals surface area contributed by atoms with Crippen molar-refractivity contribution in [2.45, 2.75) is 32.7 Å². The number of hydrogen-bond donors (Lipinski definition) is 0. The minimum absolute atomic E-state index is 0.980. The first-order valence-corrected chi connectivity index (χ1v) is 7.41. The average molecular weight is 288 g/mol. The zero-order valence-electron chi connectivity index (χ0n) is 9.21. The quantitative estimate of drug-likeness (QED) is 0.808. The van der Waals surface area contributed by atoms with Gasteiger partial charge in [0.15, 0.2) is 0 Å². The summed E-state index contributed by atoms with van der Waals surface area (Å²) in [7, 11) is 0. The van der Waals surface area contributed by atoms with E-state index >= 15 is 0 Å². The molecule has 1 aliphatic heterocycles. The highest BCUT2D eigenvalue weighted by Crippen LogP contribution is 2.27. The molecule has 0 amide bonds. The van der Waals surface area contributed by atoms with Crippen LogP contribution in [-0.2, 0) is 6.54 Å². The molecule has 0 N–H and O–H groups in total. The maximum atomic E-state index is 3.60. The Kier molecular flexibility index (Phi) is 4.23. The molecule has 0 aliphatic carbocycles. The normalized spacial score (nSPS) is 19.6. The molecular formula is C12H18BrNS. The number of halogens is 1. The predicted molar refractivity (Wildman–Crippen MR) is 70.3 cm³/mol. The second kappa shape index (κ2) is 5.46. The zero-order valence-corrected chi connectivity index (χ0v) is 11.6. The highest BCUT2D eigenvalue weighted by atomic mass is 79.9. The van der Waals surface area contributed by atoms with Gasteiger partial charge in [0.05, 0.1) is 0 Å². The van der Waals surface area contributed by atoms with Crippen LogP contribution in [0.5, 0.6) is 0 Å². The molecule has 0 radical (unpaired) electrons. The highest BCUT2D eigenvalue weighted by Gasteiger charge is 2.18. The van der Waals surface area contributed by atoms with Gasteiger partial charge in [-0.3, -0.25) is 4.90 Å². The monoisotopic (exact) mass is 287 g/mol. The second-order valence-corrected chi connectivity index (χ2v) is 6.17. The number of thiophene rings is 1. The van der Waals surface area contributed by atoms with Gasteiger partial charge in [0.25, 0.3) is 0 Å². The van der Waals surface area contributed by atoms with Gasteiger partial charge in [-0.05, 0) is 59.2 Å². The smallest absolute Gasteiger partial charge is 0.0339 e. The first kappa shape index (κ1) is 11.6. The number of rotatable bonds is 3. The van der Waals surface area contributed by atoms with Crippen LogP contribution in [0, 0.1) is 5.92 Å². The fourth-order valence-corrected chi connectivity index (χ4v) is 3.71. The molecule has 1 aromatic rings. The van der Waals surface area contributed by atoms with Gasteiger partial charge < -0.3 is 0 Å². The van der Waals surface area contributed by atoms with E-state index in [0.717, 1.165) is 12.5 Å². The fraction of sp³-hybridized carbons (Fsp3) is 0.667. The SMILES string of the molecule is CCC1CCN(Cc2sccc2Br)CC1. The summed E-state index contributed by atoms with van der Waals surface area (Å²) in [4.78, 5) is 4.06. The predicted octanol–water partition coefficient (Wildman–Crippen LogP) is 4.13. The van der Waals surface area contributed by atoms with Gasteiger partial charge in [0.1, 0.15) is 0 Å². The van der Waals surface area contributed by atoms with Crippen LogP contribution in [0.15, 0.2) is 15.9 Å². The van der Waals surface area contributed by atoms with Crippen LogP contribution in [0.2, 0.25) is 0 Å². The van der Waals surface area contributed by atoms with Crippen molar-refractivity contribution in [3.63, 3.8) is 0 Å². The third-order valence-electron chi connectivity index (χ3n) is 3.34. The first-order valence-electron chi connectivity index (χ1n) is 5.73. The summed E-state index contributed by atoms with van der Waals surface area (Å²) in [6, 6.07) is 2.15. The van der Waals surface area contributed by atoms with Crippen molar-refractivity contribution in [1.29, 1.82) is 0 Å². The van der Waals surface area contributed by atoms with Crippen molar-refractivity contribution in [3.8, 4) is 0 Å². The van der Waals surface area contributed by atoms with E-state index < -0.39 is 0 Å². The minimum Gasteiger partial charge on any atom is -0.298 e. The molecule has 2 heterocycles. The van der Waals surface area contributed by atoms with Crippen LogP contribution >= 0.6 is 27.3 Å². The van der Waals surface area contributed by atoms with Gasteiger partial charge >= 0.3 is 0 Å². The topological polar surface area (TPSA) is 3.24 Å². The highest BCUT2D eigenvalue weighted by molar-refractivity contribution is 9.10. The van der Waals surface area contributed by atoms with Crippen LogP contribution in [0.1, 0.15) is 31.1 Å². The van der Waals surface area contributed by atoms with Gasteiger partial charge in [0, 0.05) is 15.9 Å². The molecule has 0 unspecified atom stereocenters. The van der Waals surface area contributed by atoms with Gasteiger partial charge in [-0.25, -0.2) is 0 Å². The maximum absolute atomic E-state index is 3.60. The molecule has 15 heavy (non-hydrogen) atoms. The molecule has 0 bridgehead atoms. The van der Waals surface area contributed by atoms with Crippen LogP contribution in [0.3, 0.4) is 0 Å². The summed E-state index contributed by atoms with van der Waals surface area (Å²) in [5, 5.41) is 2.16. The molecule has 1 aliphatic rings. The first-order chi connectivity index (χ1) is 7.29. The number of likely N-dealkylation sites (tertiary alicyclic amines) is 1. The lowest BCUT2D eigenvalue weighted by Gasteiger charge is -2.31. The Bertz CT molecular complexity index is 302. The summed E-state index contributed by atoms with van der Waals surface area (Å²) in [6.45, 7) is 6.01. The van der Waals surface area contributed by atoms with Crippen LogP contribution in [0.25, 0.3) is 0 Å². The zero-order chi connectivity index (χ0) is 10.7. The lowest BCUT2D eigenvalue weighted by molar-refractivity contribution is 0.176. The van der Waals surface area contributed by atoms with E-state index in [-0.39, 0.29) is 0 Å². The Morgan fingerprint density at radius 1 is 1.47 bits per heavy atom. The van der Waals surface area contributed by atoms with E-state index in [1.54, 1.807) is 0 Å². The van der Waals surface area contributed by atoms with E-state index in [1.165, 1.54) is 41.7 Å². The molecule has 3 heteroatoms. The van der Waals surface area contributed by atoms with Crippen molar-refractivity contribution < 1.29 is 0 Å². The molecule has 1 saturated heterocycles. The Morgan fingerprint density at radius 2 is 2.20 bits per heavy atom. The molecule has 1 nitrogen and oxygen atoms in total. The third kappa shape index (κ3) is 3.05. The Morgan fingerprint density at radius 3 is 2.73 bits per heavy atom. The van der Waals surface area contributed by atoms with Crippen molar-refractivity contribution in [3.05, 3.63) is 20.8 Å².